The molecular weight excluding hydrogens is 600 g/mol. The van der Waals surface area contributed by atoms with Gasteiger partial charge in [0.15, 0.2) is 0 Å². The van der Waals surface area contributed by atoms with Gasteiger partial charge in [-0.15, -0.1) is 0 Å². The minimum Gasteiger partial charge on any atom is -0.456 e. The number of hydrogen-bond donors (Lipinski definition) is 2. The summed E-state index contributed by atoms with van der Waals surface area (Å²) < 4.78 is 21.2. The maximum absolute atomic E-state index is 12.1. The Morgan fingerprint density at radius 2 is 0.894 bits per heavy atom. The number of nitrogens with two attached hydrogens (primary N) is 2. The summed E-state index contributed by atoms with van der Waals surface area (Å²) in [5.74, 6) is -1.28. The van der Waals surface area contributed by atoms with Gasteiger partial charge in [0.25, 0.3) is 0 Å². The summed E-state index contributed by atoms with van der Waals surface area (Å²) in [5, 5.41) is 0. The maximum Gasteiger partial charge on any atom is 0.350 e. The van der Waals surface area contributed by atoms with Crippen molar-refractivity contribution in [3.63, 3.8) is 0 Å². The van der Waals surface area contributed by atoms with Crippen molar-refractivity contribution in [2.45, 2.75) is 19.3 Å². The van der Waals surface area contributed by atoms with Gasteiger partial charge < -0.3 is 30.4 Å². The van der Waals surface area contributed by atoms with Crippen molar-refractivity contribution >= 4 is 35.3 Å². The lowest BCUT2D eigenvalue weighted by atomic mass is 9.78. The molecule has 0 fully saturated rings. The van der Waals surface area contributed by atoms with E-state index in [-0.39, 0.29) is 39.2 Å². The van der Waals surface area contributed by atoms with Crippen LogP contribution in [0.5, 0.6) is 23.0 Å². The van der Waals surface area contributed by atoms with Gasteiger partial charge in [0, 0.05) is 16.8 Å². The van der Waals surface area contributed by atoms with E-state index in [0.29, 0.717) is 22.9 Å². The number of rotatable bonds is 6. The largest absolute Gasteiger partial charge is 0.456 e. The van der Waals surface area contributed by atoms with Crippen LogP contribution in [0.1, 0.15) is 66.4 Å². The van der Waals surface area contributed by atoms with Gasteiger partial charge in [-0.05, 0) is 77.9 Å². The molecule has 10 nitrogen and oxygen atoms in total. The lowest BCUT2D eigenvalue weighted by Gasteiger charge is -2.26. The number of esters is 4. The van der Waals surface area contributed by atoms with Crippen molar-refractivity contribution in [1.29, 1.82) is 0 Å². The molecule has 0 saturated heterocycles. The monoisotopic (exact) mass is 628 g/mol. The third-order valence-electron chi connectivity index (χ3n) is 7.79. The van der Waals surface area contributed by atoms with Gasteiger partial charge in [0.1, 0.15) is 34.1 Å². The van der Waals surface area contributed by atoms with E-state index in [2.05, 4.69) is 13.8 Å². The topological polar surface area (TPSA) is 157 Å². The SMILES string of the molecule is CC(C)(c1ccc(Oc2cccc3c2C(=O)OC3=O)cc1)c1ccc(Oc2cccc3c2C(=O)OC3=O)cc1.Nc1cccc(N)c1. The maximum atomic E-state index is 12.1. The van der Waals surface area contributed by atoms with Crippen molar-refractivity contribution in [2.75, 3.05) is 11.5 Å². The third kappa shape index (κ3) is 6.12. The Hall–Kier alpha value is -6.42. The predicted octanol–water partition coefficient (Wildman–Crippen LogP) is 7.07. The van der Waals surface area contributed by atoms with Crippen LogP contribution in [0.4, 0.5) is 11.4 Å². The van der Waals surface area contributed by atoms with E-state index in [9.17, 15) is 19.2 Å². The molecule has 0 atom stereocenters. The number of cyclic esters (lactones) is 4. The zero-order valence-electron chi connectivity index (χ0n) is 25.3. The minimum atomic E-state index is -0.721. The Labute approximate surface area is 269 Å². The van der Waals surface area contributed by atoms with Crippen molar-refractivity contribution in [3.05, 3.63) is 143 Å². The zero-order valence-corrected chi connectivity index (χ0v) is 25.3. The average Bonchev–Trinajstić information content (AvgIpc) is 3.51. The summed E-state index contributed by atoms with van der Waals surface area (Å²) in [6.07, 6.45) is 0. The number of carbonyl (C=O) groups excluding carboxylic acids is 4. The fourth-order valence-electron chi connectivity index (χ4n) is 5.23. The summed E-state index contributed by atoms with van der Waals surface area (Å²) in [4.78, 5) is 47.8. The first-order valence-electron chi connectivity index (χ1n) is 14.5. The van der Waals surface area contributed by atoms with Crippen LogP contribution in [0.2, 0.25) is 0 Å². The molecule has 2 aliphatic heterocycles. The summed E-state index contributed by atoms with van der Waals surface area (Å²) in [7, 11) is 0. The van der Waals surface area contributed by atoms with Crippen LogP contribution in [-0.4, -0.2) is 23.9 Å². The van der Waals surface area contributed by atoms with Gasteiger partial charge in [-0.2, -0.15) is 0 Å². The molecule has 234 valence electrons. The van der Waals surface area contributed by atoms with Crippen LogP contribution in [0, 0.1) is 0 Å². The molecule has 7 rings (SSSR count). The Kier molecular flexibility index (Phi) is 7.92. The van der Waals surface area contributed by atoms with Crippen LogP contribution in [0.15, 0.2) is 109 Å². The van der Waals surface area contributed by atoms with Gasteiger partial charge in [-0.25, -0.2) is 19.2 Å². The Morgan fingerprint density at radius 3 is 1.26 bits per heavy atom. The lowest BCUT2D eigenvalue weighted by Crippen LogP contribution is -2.18. The molecule has 0 radical (unpaired) electrons. The van der Waals surface area contributed by atoms with Crippen LogP contribution in [0.3, 0.4) is 0 Å². The first kappa shape index (κ1) is 30.6. The number of ether oxygens (including phenoxy) is 4. The number of nitrogen functional groups attached to an aromatic ring is 2. The summed E-state index contributed by atoms with van der Waals surface area (Å²) in [5.41, 5.74) is 14.4. The Balaban J connectivity index is 0.000000424. The van der Waals surface area contributed by atoms with Crippen LogP contribution >= 0.6 is 0 Å². The summed E-state index contributed by atoms with van der Waals surface area (Å²) in [6, 6.07) is 31.6. The number of carbonyl (C=O) groups is 4. The van der Waals surface area contributed by atoms with E-state index in [1.807, 2.05) is 30.3 Å². The van der Waals surface area contributed by atoms with E-state index < -0.39 is 23.9 Å². The molecule has 0 spiro atoms. The zero-order chi connectivity index (χ0) is 33.3. The Bertz CT molecular complexity index is 1910. The standard InChI is InChI=1S/C31H20O8.C6H8N2/c1-31(2,17-9-13-19(14-10-17)36-23-7-3-5-21-25(23)29(34)38-27(21)32)18-11-15-20(16-12-18)37-24-8-4-6-22-26(24)30(35)39-28(22)33;7-5-2-1-3-6(8)4-5/h3-16H,1-2H3;1-4H,7-8H2. The Morgan fingerprint density at radius 1 is 0.511 bits per heavy atom. The molecule has 0 bridgehead atoms. The first-order chi connectivity index (χ1) is 22.5. The smallest absolute Gasteiger partial charge is 0.350 e. The number of hydrogen-bond acceptors (Lipinski definition) is 10. The van der Waals surface area contributed by atoms with Crippen molar-refractivity contribution in [1.82, 2.24) is 0 Å². The van der Waals surface area contributed by atoms with Gasteiger partial charge in [-0.3, -0.25) is 0 Å². The van der Waals surface area contributed by atoms with E-state index in [0.717, 1.165) is 11.1 Å². The van der Waals surface area contributed by atoms with Crippen LogP contribution in [-0.2, 0) is 14.9 Å². The van der Waals surface area contributed by atoms with Crippen molar-refractivity contribution in [3.8, 4) is 23.0 Å². The first-order valence-corrected chi connectivity index (χ1v) is 14.5. The molecule has 0 aromatic heterocycles. The highest BCUT2D eigenvalue weighted by Gasteiger charge is 2.34. The number of fused-ring (bicyclic) bond motifs is 2. The van der Waals surface area contributed by atoms with E-state index >= 15 is 0 Å². The van der Waals surface area contributed by atoms with Gasteiger partial charge >= 0.3 is 23.9 Å². The van der Waals surface area contributed by atoms with Crippen LogP contribution in [0.25, 0.3) is 0 Å². The van der Waals surface area contributed by atoms with Gasteiger partial charge in [0.05, 0.1) is 11.1 Å². The highest BCUT2D eigenvalue weighted by atomic mass is 16.6. The molecule has 10 heteroatoms. The molecule has 47 heavy (non-hydrogen) atoms. The summed E-state index contributed by atoms with van der Waals surface area (Å²) in [6.45, 7) is 4.16. The summed E-state index contributed by atoms with van der Waals surface area (Å²) >= 11 is 0. The molecule has 0 unspecified atom stereocenters. The fourth-order valence-corrected chi connectivity index (χ4v) is 5.23. The second kappa shape index (κ2) is 12.2. The molecule has 2 aliphatic rings. The molecule has 0 amide bonds. The van der Waals surface area contributed by atoms with E-state index in [4.69, 9.17) is 30.4 Å². The highest BCUT2D eigenvalue weighted by Crippen LogP contribution is 2.37. The molecule has 0 aliphatic carbocycles. The second-order valence-electron chi connectivity index (χ2n) is 11.3. The quantitative estimate of drug-likeness (QED) is 0.113. The molecule has 0 saturated carbocycles. The highest BCUT2D eigenvalue weighted by molar-refractivity contribution is 6.16. The van der Waals surface area contributed by atoms with Crippen LogP contribution < -0.4 is 20.9 Å². The lowest BCUT2D eigenvalue weighted by molar-refractivity contribution is 0.0424. The molecule has 5 aromatic rings. The van der Waals surface area contributed by atoms with E-state index in [1.165, 1.54) is 12.1 Å². The second-order valence-corrected chi connectivity index (χ2v) is 11.3. The van der Waals surface area contributed by atoms with Crippen molar-refractivity contribution < 1.29 is 38.1 Å². The third-order valence-corrected chi connectivity index (χ3v) is 7.79. The molecule has 4 N–H and O–H groups in total. The molecule has 5 aromatic carbocycles. The van der Waals surface area contributed by atoms with E-state index in [1.54, 1.807) is 66.7 Å². The number of anilines is 2. The van der Waals surface area contributed by atoms with Gasteiger partial charge in [0.2, 0.25) is 0 Å². The fraction of sp³-hybridized carbons (Fsp3) is 0.0811. The minimum absolute atomic E-state index is 0.123. The normalized spacial score (nSPS) is 13.1. The molecule has 2 heterocycles. The number of benzene rings is 5. The average molecular weight is 629 g/mol. The predicted molar refractivity (Wildman–Crippen MR) is 173 cm³/mol. The molecular formula is C37H28N2O8. The van der Waals surface area contributed by atoms with Crippen molar-refractivity contribution in [2.24, 2.45) is 0 Å². The van der Waals surface area contributed by atoms with Gasteiger partial charge in [-0.1, -0.05) is 56.3 Å².